The molecule has 2 aromatic carbocycles. The van der Waals surface area contributed by atoms with E-state index in [9.17, 15) is 14.0 Å². The Bertz CT molecular complexity index is 916. The Hall–Kier alpha value is -3.13. The number of esters is 1. The zero-order valence-electron chi connectivity index (χ0n) is 16.4. The minimum atomic E-state index is -1.13. The lowest BCUT2D eigenvalue weighted by Gasteiger charge is -2.24. The van der Waals surface area contributed by atoms with Crippen molar-refractivity contribution in [2.24, 2.45) is 0 Å². The van der Waals surface area contributed by atoms with Gasteiger partial charge in [0.25, 0.3) is 5.91 Å². The number of benzene rings is 2. The van der Waals surface area contributed by atoms with Crippen molar-refractivity contribution in [3.8, 4) is 11.5 Å². The van der Waals surface area contributed by atoms with E-state index in [1.807, 2.05) is 0 Å². The number of anilines is 1. The molecule has 0 saturated heterocycles. The Balaban J connectivity index is 2.10. The molecular formula is C21H22FNO6. The highest BCUT2D eigenvalue weighted by molar-refractivity contribution is 5.97. The van der Waals surface area contributed by atoms with Crippen LogP contribution >= 0.6 is 0 Å². The molecule has 0 saturated carbocycles. The Morgan fingerprint density at radius 1 is 1.17 bits per heavy atom. The van der Waals surface area contributed by atoms with Crippen molar-refractivity contribution in [2.75, 3.05) is 26.1 Å². The molecule has 7 nitrogen and oxygen atoms in total. The van der Waals surface area contributed by atoms with E-state index in [-0.39, 0.29) is 18.7 Å². The summed E-state index contributed by atoms with van der Waals surface area (Å²) in [4.78, 5) is 24.6. The molecular weight excluding hydrogens is 381 g/mol. The van der Waals surface area contributed by atoms with Gasteiger partial charge in [-0.2, -0.15) is 0 Å². The number of hydrogen-bond acceptors (Lipinski definition) is 6. The summed E-state index contributed by atoms with van der Waals surface area (Å²) in [6.45, 7) is 1.86. The van der Waals surface area contributed by atoms with Crippen molar-refractivity contribution in [1.29, 1.82) is 0 Å². The zero-order chi connectivity index (χ0) is 21.0. The number of ether oxygens (including phenoxy) is 4. The van der Waals surface area contributed by atoms with E-state index in [0.717, 1.165) is 0 Å². The maximum Gasteiger partial charge on any atom is 0.308 e. The molecule has 0 unspecified atom stereocenters. The predicted octanol–water partition coefficient (Wildman–Crippen LogP) is 3.22. The van der Waals surface area contributed by atoms with Gasteiger partial charge < -0.3 is 24.3 Å². The molecule has 0 aliphatic carbocycles. The van der Waals surface area contributed by atoms with Gasteiger partial charge in [-0.25, -0.2) is 4.39 Å². The summed E-state index contributed by atoms with van der Waals surface area (Å²) in [7, 11) is 3.00. The van der Waals surface area contributed by atoms with E-state index < -0.39 is 29.9 Å². The molecule has 0 aromatic heterocycles. The Kier molecular flexibility index (Phi) is 6.33. The largest absolute Gasteiger partial charge is 0.493 e. The van der Waals surface area contributed by atoms with Crippen LogP contribution in [0.15, 0.2) is 36.4 Å². The summed E-state index contributed by atoms with van der Waals surface area (Å²) in [5, 5.41) is 2.64. The Morgan fingerprint density at radius 3 is 2.66 bits per heavy atom. The van der Waals surface area contributed by atoms with Gasteiger partial charge in [-0.3, -0.25) is 9.59 Å². The average Bonchev–Trinajstić information content (AvgIpc) is 2.83. The Morgan fingerprint density at radius 2 is 1.97 bits per heavy atom. The van der Waals surface area contributed by atoms with Crippen LogP contribution in [0.3, 0.4) is 0 Å². The minimum absolute atomic E-state index is 0.186. The summed E-state index contributed by atoms with van der Waals surface area (Å²) < 4.78 is 35.7. The SMILES string of the molecule is CCOC(=O)C[C@H]1O[C@H](c2cccc(OC)c2OC)c2ccc(F)cc2NC1=O. The lowest BCUT2D eigenvalue weighted by atomic mass is 9.98. The first-order valence-electron chi connectivity index (χ1n) is 9.10. The van der Waals surface area contributed by atoms with E-state index in [0.29, 0.717) is 22.6 Å². The summed E-state index contributed by atoms with van der Waals surface area (Å²) in [6, 6.07) is 9.26. The number of halogens is 1. The standard InChI is InChI=1S/C21H22FNO6/c1-4-28-18(24)11-17-21(25)23-15-10-12(22)8-9-13(15)19(29-17)14-6-5-7-16(26-2)20(14)27-3/h5-10,17,19H,4,11H2,1-3H3,(H,23,25)/t17-,19+/m1/s1. The topological polar surface area (TPSA) is 83.1 Å². The van der Waals surface area contributed by atoms with Crippen molar-refractivity contribution < 1.29 is 32.9 Å². The number of fused-ring (bicyclic) bond motifs is 1. The average molecular weight is 403 g/mol. The highest BCUT2D eigenvalue weighted by Gasteiger charge is 2.35. The molecule has 1 amide bonds. The van der Waals surface area contributed by atoms with Crippen LogP contribution in [0.1, 0.15) is 30.6 Å². The van der Waals surface area contributed by atoms with Crippen molar-refractivity contribution >= 4 is 17.6 Å². The molecule has 2 aromatic rings. The first kappa shape index (κ1) is 20.6. The van der Waals surface area contributed by atoms with E-state index in [1.165, 1.54) is 32.4 Å². The third-order valence-corrected chi connectivity index (χ3v) is 4.52. The molecule has 154 valence electrons. The number of hydrogen-bond donors (Lipinski definition) is 1. The van der Waals surface area contributed by atoms with Gasteiger partial charge in [0.15, 0.2) is 11.5 Å². The quantitative estimate of drug-likeness (QED) is 0.746. The molecule has 0 bridgehead atoms. The second-order valence-electron chi connectivity index (χ2n) is 6.32. The molecule has 1 aliphatic heterocycles. The number of nitrogens with one attached hydrogen (secondary N) is 1. The zero-order valence-corrected chi connectivity index (χ0v) is 16.4. The van der Waals surface area contributed by atoms with Gasteiger partial charge in [0.2, 0.25) is 0 Å². The molecule has 0 spiro atoms. The van der Waals surface area contributed by atoms with Gasteiger partial charge in [-0.15, -0.1) is 0 Å². The Labute approximate surface area is 167 Å². The van der Waals surface area contributed by atoms with Crippen LogP contribution < -0.4 is 14.8 Å². The maximum atomic E-state index is 13.8. The number of methoxy groups -OCH3 is 2. The van der Waals surface area contributed by atoms with Crippen molar-refractivity contribution in [3.63, 3.8) is 0 Å². The summed E-state index contributed by atoms with van der Waals surface area (Å²) in [5.74, 6) is -0.748. The molecule has 2 atom stereocenters. The molecule has 0 fully saturated rings. The molecule has 0 radical (unpaired) electrons. The lowest BCUT2D eigenvalue weighted by molar-refractivity contribution is -0.150. The van der Waals surface area contributed by atoms with Gasteiger partial charge in [0, 0.05) is 16.8 Å². The van der Waals surface area contributed by atoms with Crippen LogP contribution in [-0.4, -0.2) is 38.8 Å². The van der Waals surface area contributed by atoms with Crippen LogP contribution in [0, 0.1) is 5.82 Å². The third kappa shape index (κ3) is 4.32. The number of para-hydroxylation sites is 1. The highest BCUT2D eigenvalue weighted by Crippen LogP contribution is 2.43. The third-order valence-electron chi connectivity index (χ3n) is 4.52. The van der Waals surface area contributed by atoms with Crippen LogP contribution in [0.4, 0.5) is 10.1 Å². The van der Waals surface area contributed by atoms with Crippen LogP contribution in [-0.2, 0) is 19.1 Å². The van der Waals surface area contributed by atoms with Crippen LogP contribution in [0.5, 0.6) is 11.5 Å². The molecule has 1 heterocycles. The van der Waals surface area contributed by atoms with Crippen molar-refractivity contribution in [3.05, 3.63) is 53.3 Å². The second kappa shape index (κ2) is 8.91. The van der Waals surface area contributed by atoms with Gasteiger partial charge >= 0.3 is 5.97 Å². The fraction of sp³-hybridized carbons (Fsp3) is 0.333. The molecule has 1 N–H and O–H groups in total. The summed E-state index contributed by atoms with van der Waals surface area (Å²) in [6.07, 6.45) is -2.22. The number of carbonyl (C=O) groups is 2. The monoisotopic (exact) mass is 403 g/mol. The molecule has 8 heteroatoms. The maximum absolute atomic E-state index is 13.8. The van der Waals surface area contributed by atoms with Crippen molar-refractivity contribution in [2.45, 2.75) is 25.6 Å². The molecule has 3 rings (SSSR count). The van der Waals surface area contributed by atoms with Crippen LogP contribution in [0.25, 0.3) is 0 Å². The van der Waals surface area contributed by atoms with E-state index in [2.05, 4.69) is 5.32 Å². The first-order chi connectivity index (χ1) is 14.0. The second-order valence-corrected chi connectivity index (χ2v) is 6.32. The molecule has 29 heavy (non-hydrogen) atoms. The number of carbonyl (C=O) groups excluding carboxylic acids is 2. The van der Waals surface area contributed by atoms with E-state index in [1.54, 1.807) is 25.1 Å². The fourth-order valence-electron chi connectivity index (χ4n) is 3.25. The summed E-state index contributed by atoms with van der Waals surface area (Å²) >= 11 is 0. The van der Waals surface area contributed by atoms with Gasteiger partial charge in [-0.05, 0) is 25.1 Å². The number of rotatable bonds is 6. The van der Waals surface area contributed by atoms with Crippen LogP contribution in [0.2, 0.25) is 0 Å². The first-order valence-corrected chi connectivity index (χ1v) is 9.10. The fourth-order valence-corrected chi connectivity index (χ4v) is 3.25. The predicted molar refractivity (Wildman–Crippen MR) is 103 cm³/mol. The van der Waals surface area contributed by atoms with Gasteiger partial charge in [-0.1, -0.05) is 18.2 Å². The lowest BCUT2D eigenvalue weighted by Crippen LogP contribution is -2.32. The van der Waals surface area contributed by atoms with Crippen molar-refractivity contribution in [1.82, 2.24) is 0 Å². The highest BCUT2D eigenvalue weighted by atomic mass is 19.1. The van der Waals surface area contributed by atoms with E-state index >= 15 is 0 Å². The van der Waals surface area contributed by atoms with Gasteiger partial charge in [0.05, 0.1) is 27.2 Å². The smallest absolute Gasteiger partial charge is 0.308 e. The normalized spacial score (nSPS) is 18.3. The van der Waals surface area contributed by atoms with E-state index in [4.69, 9.17) is 18.9 Å². The molecule has 1 aliphatic rings. The summed E-state index contributed by atoms with van der Waals surface area (Å²) in [5.41, 5.74) is 1.36. The minimum Gasteiger partial charge on any atom is -0.493 e. The van der Waals surface area contributed by atoms with Gasteiger partial charge in [0.1, 0.15) is 18.0 Å². The number of amides is 1.